The number of rotatable bonds is 4. The maximum Gasteiger partial charge on any atom is 0.244 e. The zero-order chi connectivity index (χ0) is 18.8. The summed E-state index contributed by atoms with van der Waals surface area (Å²) in [4.78, 5) is 33.2. The average molecular weight is 401 g/mol. The fourth-order valence-electron chi connectivity index (χ4n) is 2.99. The zero-order valence-corrected chi connectivity index (χ0v) is 15.9. The number of carbonyl (C=O) groups excluding carboxylic acids is 2. The maximum absolute atomic E-state index is 12.8. The fourth-order valence-corrected chi connectivity index (χ4v) is 4.30. The first-order valence-electron chi connectivity index (χ1n) is 8.48. The summed E-state index contributed by atoms with van der Waals surface area (Å²) in [5, 5.41) is 3.69. The summed E-state index contributed by atoms with van der Waals surface area (Å²) in [6.45, 7) is 0.858. The van der Waals surface area contributed by atoms with Gasteiger partial charge in [-0.3, -0.25) is 14.5 Å². The predicted octanol–water partition coefficient (Wildman–Crippen LogP) is 3.40. The van der Waals surface area contributed by atoms with E-state index in [0.29, 0.717) is 23.5 Å². The third-order valence-electron chi connectivity index (χ3n) is 4.31. The first-order chi connectivity index (χ1) is 13.1. The van der Waals surface area contributed by atoms with Gasteiger partial charge in [0.05, 0.1) is 0 Å². The highest BCUT2D eigenvalue weighted by atomic mass is 35.5. The highest BCUT2D eigenvalue weighted by molar-refractivity contribution is 8.15. The number of nitrogens with one attached hydrogen (secondary N) is 1. The number of halogens is 1. The lowest BCUT2D eigenvalue weighted by Crippen LogP contribution is -2.46. The Hall–Kier alpha value is -2.51. The van der Waals surface area contributed by atoms with Crippen LogP contribution in [-0.4, -0.2) is 40.5 Å². The number of carbonyl (C=O) groups is 2. The molecule has 0 radical (unpaired) electrons. The second-order valence-corrected chi connectivity index (χ2v) is 7.84. The van der Waals surface area contributed by atoms with Crippen LogP contribution in [-0.2, 0) is 9.59 Å². The minimum Gasteiger partial charge on any atom is -0.334 e. The molecule has 0 saturated carbocycles. The Labute approximate surface area is 166 Å². The number of benzene rings is 2. The molecular formula is C19H17ClN4O2S. The molecule has 1 saturated heterocycles. The number of anilines is 2. The summed E-state index contributed by atoms with van der Waals surface area (Å²) in [5.41, 5.74) is 1.63. The largest absolute Gasteiger partial charge is 0.334 e. The van der Waals surface area contributed by atoms with E-state index in [9.17, 15) is 9.59 Å². The molecule has 1 N–H and O–H groups in total. The van der Waals surface area contributed by atoms with Gasteiger partial charge < -0.3 is 10.2 Å². The molecule has 2 aliphatic rings. The van der Waals surface area contributed by atoms with Crippen LogP contribution in [0.25, 0.3) is 0 Å². The highest BCUT2D eigenvalue weighted by Gasteiger charge is 2.41. The van der Waals surface area contributed by atoms with E-state index < -0.39 is 5.25 Å². The van der Waals surface area contributed by atoms with Crippen molar-refractivity contribution in [2.45, 2.75) is 11.7 Å². The smallest absolute Gasteiger partial charge is 0.244 e. The number of fused-ring (bicyclic) bond motifs is 1. The molecule has 4 rings (SSSR count). The molecule has 2 aromatic rings. The Bertz CT molecular complexity index is 906. The number of para-hydroxylation sites is 1. The molecular weight excluding hydrogens is 384 g/mol. The molecule has 2 aliphatic heterocycles. The Morgan fingerprint density at radius 3 is 2.81 bits per heavy atom. The predicted molar refractivity (Wildman–Crippen MR) is 109 cm³/mol. The molecule has 1 fully saturated rings. The monoisotopic (exact) mass is 400 g/mol. The van der Waals surface area contributed by atoms with Crippen LogP contribution in [0.1, 0.15) is 6.42 Å². The van der Waals surface area contributed by atoms with E-state index in [2.05, 4.69) is 10.3 Å². The normalized spacial score (nSPS) is 18.9. The summed E-state index contributed by atoms with van der Waals surface area (Å²) < 4.78 is 0. The van der Waals surface area contributed by atoms with E-state index >= 15 is 0 Å². The summed E-state index contributed by atoms with van der Waals surface area (Å²) in [7, 11) is 0. The quantitative estimate of drug-likeness (QED) is 0.854. The third kappa shape index (κ3) is 3.94. The fraction of sp³-hybridized carbons (Fsp3) is 0.211. The first-order valence-corrected chi connectivity index (χ1v) is 9.74. The van der Waals surface area contributed by atoms with Crippen LogP contribution in [0.15, 0.2) is 59.6 Å². The van der Waals surface area contributed by atoms with Crippen LogP contribution in [0.4, 0.5) is 11.4 Å². The standard InChI is InChI=1S/C19H17ClN4O2S/c20-13-5-4-8-15(9-13)23-11-21-19-24(12-23)18(26)16(27-19)10-17(25)22-14-6-2-1-3-7-14/h1-9,16H,10-12H2,(H,22,25)/t16-/m1/s1. The molecule has 0 unspecified atom stereocenters. The van der Waals surface area contributed by atoms with E-state index in [-0.39, 0.29) is 18.2 Å². The van der Waals surface area contributed by atoms with Gasteiger partial charge in [0.2, 0.25) is 11.8 Å². The van der Waals surface area contributed by atoms with Gasteiger partial charge in [0.15, 0.2) is 5.17 Å². The first kappa shape index (κ1) is 17.9. The van der Waals surface area contributed by atoms with Crippen molar-refractivity contribution in [2.24, 2.45) is 4.99 Å². The average Bonchev–Trinajstić information content (AvgIpc) is 2.97. The van der Waals surface area contributed by atoms with Crippen molar-refractivity contribution in [3.8, 4) is 0 Å². The van der Waals surface area contributed by atoms with Crippen molar-refractivity contribution < 1.29 is 9.59 Å². The Morgan fingerprint density at radius 2 is 2.04 bits per heavy atom. The van der Waals surface area contributed by atoms with Crippen LogP contribution >= 0.6 is 23.4 Å². The molecule has 6 nitrogen and oxygen atoms in total. The molecule has 2 heterocycles. The van der Waals surface area contributed by atoms with Gasteiger partial charge in [-0.25, -0.2) is 4.99 Å². The van der Waals surface area contributed by atoms with Crippen molar-refractivity contribution >= 4 is 51.7 Å². The second kappa shape index (κ2) is 7.62. The number of thioether (sulfide) groups is 1. The van der Waals surface area contributed by atoms with E-state index in [4.69, 9.17) is 11.6 Å². The zero-order valence-electron chi connectivity index (χ0n) is 14.3. The lowest BCUT2D eigenvalue weighted by Gasteiger charge is -2.32. The van der Waals surface area contributed by atoms with Crippen molar-refractivity contribution in [3.05, 3.63) is 59.6 Å². The molecule has 2 amide bonds. The number of nitrogens with zero attached hydrogens (tertiary/aromatic N) is 3. The summed E-state index contributed by atoms with van der Waals surface area (Å²) in [6, 6.07) is 16.7. The molecule has 0 aromatic heterocycles. The van der Waals surface area contributed by atoms with Gasteiger partial charge in [-0.15, -0.1) is 0 Å². The van der Waals surface area contributed by atoms with E-state index in [1.165, 1.54) is 11.8 Å². The summed E-state index contributed by atoms with van der Waals surface area (Å²) in [6.07, 6.45) is 0.116. The Kier molecular flexibility index (Phi) is 5.05. The van der Waals surface area contributed by atoms with Crippen molar-refractivity contribution in [2.75, 3.05) is 23.6 Å². The van der Waals surface area contributed by atoms with Crippen LogP contribution in [0.3, 0.4) is 0 Å². The van der Waals surface area contributed by atoms with Crippen molar-refractivity contribution in [1.29, 1.82) is 0 Å². The van der Waals surface area contributed by atoms with Gasteiger partial charge in [0.25, 0.3) is 0 Å². The molecule has 27 heavy (non-hydrogen) atoms. The lowest BCUT2D eigenvalue weighted by molar-refractivity contribution is -0.128. The Balaban J connectivity index is 1.41. The van der Waals surface area contributed by atoms with Gasteiger partial charge in [-0.1, -0.05) is 47.6 Å². The topological polar surface area (TPSA) is 65.0 Å². The number of hydrogen-bond donors (Lipinski definition) is 1. The molecule has 2 aromatic carbocycles. The van der Waals surface area contributed by atoms with E-state index in [1.807, 2.05) is 59.5 Å². The van der Waals surface area contributed by atoms with Crippen molar-refractivity contribution in [3.63, 3.8) is 0 Å². The number of amides is 2. The van der Waals surface area contributed by atoms with Crippen LogP contribution < -0.4 is 10.2 Å². The minimum absolute atomic E-state index is 0.0892. The molecule has 0 spiro atoms. The maximum atomic E-state index is 12.8. The second-order valence-electron chi connectivity index (χ2n) is 6.23. The summed E-state index contributed by atoms with van der Waals surface area (Å²) >= 11 is 7.41. The van der Waals surface area contributed by atoms with E-state index in [0.717, 1.165) is 11.4 Å². The minimum atomic E-state index is -0.452. The van der Waals surface area contributed by atoms with Gasteiger partial charge in [0, 0.05) is 22.8 Å². The SMILES string of the molecule is O=C(C[C@H]1SC2=NCN(c3cccc(Cl)c3)CN2C1=O)Nc1ccccc1. The van der Waals surface area contributed by atoms with Crippen LogP contribution in [0, 0.1) is 0 Å². The number of hydrogen-bond acceptors (Lipinski definition) is 5. The highest BCUT2D eigenvalue weighted by Crippen LogP contribution is 2.33. The lowest BCUT2D eigenvalue weighted by atomic mass is 10.2. The number of aliphatic imine (C=N–C) groups is 1. The van der Waals surface area contributed by atoms with Gasteiger partial charge in [-0.2, -0.15) is 0 Å². The Morgan fingerprint density at radius 1 is 1.22 bits per heavy atom. The number of amidine groups is 1. The third-order valence-corrected chi connectivity index (χ3v) is 5.76. The van der Waals surface area contributed by atoms with Crippen LogP contribution in [0.5, 0.6) is 0 Å². The molecule has 8 heteroatoms. The molecule has 0 bridgehead atoms. The van der Waals surface area contributed by atoms with Crippen molar-refractivity contribution in [1.82, 2.24) is 4.90 Å². The van der Waals surface area contributed by atoms with Gasteiger partial charge >= 0.3 is 0 Å². The van der Waals surface area contributed by atoms with Crippen LogP contribution in [0.2, 0.25) is 5.02 Å². The molecule has 0 aliphatic carbocycles. The van der Waals surface area contributed by atoms with Gasteiger partial charge in [0.1, 0.15) is 18.6 Å². The molecule has 1 atom stereocenters. The summed E-state index contributed by atoms with van der Waals surface area (Å²) in [5.74, 6) is -0.270. The molecule has 138 valence electrons. The van der Waals surface area contributed by atoms with E-state index in [1.54, 1.807) is 4.90 Å². The van der Waals surface area contributed by atoms with Gasteiger partial charge in [-0.05, 0) is 30.3 Å².